The predicted octanol–water partition coefficient (Wildman–Crippen LogP) is 3.05. The van der Waals surface area contributed by atoms with Crippen LogP contribution in [-0.2, 0) is 11.2 Å². The number of carbonyl (C=O) groups excluding carboxylic acids is 1. The van der Waals surface area contributed by atoms with Crippen LogP contribution in [0.5, 0.6) is 0 Å². The van der Waals surface area contributed by atoms with E-state index >= 15 is 0 Å². The van der Waals surface area contributed by atoms with Crippen molar-refractivity contribution in [2.75, 3.05) is 18.0 Å². The van der Waals surface area contributed by atoms with Crippen molar-refractivity contribution in [2.45, 2.75) is 52.5 Å². The van der Waals surface area contributed by atoms with Crippen LogP contribution < -0.4 is 10.2 Å². The van der Waals surface area contributed by atoms with Gasteiger partial charge in [-0.15, -0.1) is 0 Å². The molecular weight excluding hydrogens is 248 g/mol. The van der Waals surface area contributed by atoms with E-state index in [0.29, 0.717) is 6.42 Å². The smallest absolute Gasteiger partial charge is 0.228 e. The number of carbonyl (C=O) groups is 1. The van der Waals surface area contributed by atoms with Gasteiger partial charge < -0.3 is 10.2 Å². The Balaban J connectivity index is 2.02. The van der Waals surface area contributed by atoms with E-state index in [4.69, 9.17) is 0 Å². The van der Waals surface area contributed by atoms with Gasteiger partial charge in [0.2, 0.25) is 5.91 Å². The van der Waals surface area contributed by atoms with Gasteiger partial charge in [-0.25, -0.2) is 0 Å². The minimum atomic E-state index is 0.0667. The average Bonchev–Trinajstić information content (AvgIpc) is 2.36. The molecule has 1 aliphatic rings. The molecule has 0 saturated heterocycles. The summed E-state index contributed by atoms with van der Waals surface area (Å²) in [7, 11) is 0. The largest absolute Gasteiger partial charge is 0.312 e. The molecule has 0 saturated carbocycles. The maximum absolute atomic E-state index is 12.4. The summed E-state index contributed by atoms with van der Waals surface area (Å²) in [5, 5.41) is 3.38. The number of nitrogens with one attached hydrogen (secondary N) is 1. The second kappa shape index (κ2) is 5.96. The highest BCUT2D eigenvalue weighted by Gasteiger charge is 2.22. The molecule has 20 heavy (non-hydrogen) atoms. The van der Waals surface area contributed by atoms with Crippen molar-refractivity contribution < 1.29 is 4.79 Å². The Morgan fingerprint density at radius 2 is 2.10 bits per heavy atom. The van der Waals surface area contributed by atoms with Crippen molar-refractivity contribution in [3.63, 3.8) is 0 Å². The van der Waals surface area contributed by atoms with E-state index in [9.17, 15) is 4.79 Å². The maximum atomic E-state index is 12.4. The van der Waals surface area contributed by atoms with Crippen LogP contribution in [0.25, 0.3) is 0 Å². The number of benzene rings is 1. The summed E-state index contributed by atoms with van der Waals surface area (Å²) in [6, 6.07) is 6.40. The van der Waals surface area contributed by atoms with Crippen molar-refractivity contribution >= 4 is 11.6 Å². The lowest BCUT2D eigenvalue weighted by molar-refractivity contribution is -0.118. The van der Waals surface area contributed by atoms with Crippen LogP contribution in [0.1, 0.15) is 44.7 Å². The Labute approximate surface area is 122 Å². The zero-order valence-corrected chi connectivity index (χ0v) is 13.1. The van der Waals surface area contributed by atoms with Crippen LogP contribution in [0.3, 0.4) is 0 Å². The van der Waals surface area contributed by atoms with E-state index in [1.807, 2.05) is 4.90 Å². The first-order valence-electron chi connectivity index (χ1n) is 7.52. The second-order valence-corrected chi connectivity index (χ2v) is 6.71. The first-order chi connectivity index (χ1) is 9.37. The molecule has 110 valence electrons. The molecule has 0 atom stereocenters. The molecule has 0 radical (unpaired) electrons. The second-order valence-electron chi connectivity index (χ2n) is 6.71. The van der Waals surface area contributed by atoms with Gasteiger partial charge in [-0.1, -0.05) is 17.7 Å². The average molecular weight is 274 g/mol. The van der Waals surface area contributed by atoms with Gasteiger partial charge in [-0.05, 0) is 52.2 Å². The van der Waals surface area contributed by atoms with Crippen LogP contribution >= 0.6 is 0 Å². The van der Waals surface area contributed by atoms with Gasteiger partial charge in [-0.2, -0.15) is 0 Å². The topological polar surface area (TPSA) is 32.3 Å². The molecule has 3 heteroatoms. The molecular formula is C17H26N2O. The summed E-state index contributed by atoms with van der Waals surface area (Å²) in [5.74, 6) is 0.228. The molecule has 1 aromatic rings. The number of anilines is 1. The molecule has 1 aliphatic heterocycles. The van der Waals surface area contributed by atoms with Crippen molar-refractivity contribution in [1.29, 1.82) is 0 Å². The first kappa shape index (κ1) is 15.0. The van der Waals surface area contributed by atoms with Gasteiger partial charge in [0.05, 0.1) is 0 Å². The molecule has 1 aromatic carbocycles. The Morgan fingerprint density at radius 1 is 1.35 bits per heavy atom. The molecule has 0 aliphatic carbocycles. The van der Waals surface area contributed by atoms with Crippen LogP contribution in [0.2, 0.25) is 0 Å². The summed E-state index contributed by atoms with van der Waals surface area (Å²) in [4.78, 5) is 14.4. The van der Waals surface area contributed by atoms with Gasteiger partial charge in [0.15, 0.2) is 0 Å². The predicted molar refractivity (Wildman–Crippen MR) is 84.2 cm³/mol. The lowest BCUT2D eigenvalue weighted by Crippen LogP contribution is -2.41. The fraction of sp³-hybridized carbons (Fsp3) is 0.588. The van der Waals surface area contributed by atoms with Crippen molar-refractivity contribution in [3.05, 3.63) is 29.3 Å². The Bertz CT molecular complexity index is 488. The highest BCUT2D eigenvalue weighted by atomic mass is 16.2. The third kappa shape index (κ3) is 3.83. The van der Waals surface area contributed by atoms with Crippen molar-refractivity contribution in [2.24, 2.45) is 0 Å². The minimum Gasteiger partial charge on any atom is -0.312 e. The maximum Gasteiger partial charge on any atom is 0.228 e. The lowest BCUT2D eigenvalue weighted by atomic mass is 9.99. The fourth-order valence-electron chi connectivity index (χ4n) is 2.66. The Kier molecular flexibility index (Phi) is 4.48. The SMILES string of the molecule is Cc1ccc2c(c1)CCCN2C(=O)CCNC(C)(C)C. The van der Waals surface area contributed by atoms with Crippen LogP contribution in [-0.4, -0.2) is 24.5 Å². The molecule has 0 aromatic heterocycles. The molecule has 0 bridgehead atoms. The summed E-state index contributed by atoms with van der Waals surface area (Å²) in [6.07, 6.45) is 2.71. The number of nitrogens with zero attached hydrogens (tertiary/aromatic N) is 1. The summed E-state index contributed by atoms with van der Waals surface area (Å²) in [6.45, 7) is 10.1. The van der Waals surface area contributed by atoms with E-state index in [0.717, 1.165) is 31.6 Å². The van der Waals surface area contributed by atoms with E-state index in [1.54, 1.807) is 0 Å². The number of fused-ring (bicyclic) bond motifs is 1. The van der Waals surface area contributed by atoms with E-state index in [-0.39, 0.29) is 11.4 Å². The molecule has 0 spiro atoms. The van der Waals surface area contributed by atoms with Gasteiger partial charge in [0.1, 0.15) is 0 Å². The van der Waals surface area contributed by atoms with Crippen LogP contribution in [0.15, 0.2) is 18.2 Å². The molecule has 1 heterocycles. The third-order valence-corrected chi connectivity index (χ3v) is 3.65. The molecule has 0 fully saturated rings. The monoisotopic (exact) mass is 274 g/mol. The van der Waals surface area contributed by atoms with Gasteiger partial charge in [-0.3, -0.25) is 4.79 Å². The summed E-state index contributed by atoms with van der Waals surface area (Å²) < 4.78 is 0. The van der Waals surface area contributed by atoms with Crippen molar-refractivity contribution in [1.82, 2.24) is 5.32 Å². The zero-order valence-electron chi connectivity index (χ0n) is 13.1. The molecule has 3 nitrogen and oxygen atoms in total. The van der Waals surface area contributed by atoms with Crippen LogP contribution in [0.4, 0.5) is 5.69 Å². The van der Waals surface area contributed by atoms with Crippen molar-refractivity contribution in [3.8, 4) is 0 Å². The molecule has 0 unspecified atom stereocenters. The highest BCUT2D eigenvalue weighted by Crippen LogP contribution is 2.28. The molecule has 1 N–H and O–H groups in total. The van der Waals surface area contributed by atoms with Gasteiger partial charge in [0.25, 0.3) is 0 Å². The van der Waals surface area contributed by atoms with Gasteiger partial charge in [0, 0.05) is 30.7 Å². The quantitative estimate of drug-likeness (QED) is 0.919. The summed E-state index contributed by atoms with van der Waals surface area (Å²) in [5.41, 5.74) is 3.76. The van der Waals surface area contributed by atoms with E-state index < -0.39 is 0 Å². The minimum absolute atomic E-state index is 0.0667. The number of hydrogen-bond donors (Lipinski definition) is 1. The van der Waals surface area contributed by atoms with Gasteiger partial charge >= 0.3 is 0 Å². The number of amides is 1. The first-order valence-corrected chi connectivity index (χ1v) is 7.52. The zero-order chi connectivity index (χ0) is 14.8. The molecule has 2 rings (SSSR count). The van der Waals surface area contributed by atoms with E-state index in [1.165, 1.54) is 11.1 Å². The van der Waals surface area contributed by atoms with Crippen LogP contribution in [0, 0.1) is 6.92 Å². The standard InChI is InChI=1S/C17H26N2O/c1-13-7-8-15-14(12-13)6-5-11-19(15)16(20)9-10-18-17(2,3)4/h7-8,12,18H,5-6,9-11H2,1-4H3. The fourth-order valence-corrected chi connectivity index (χ4v) is 2.66. The highest BCUT2D eigenvalue weighted by molar-refractivity contribution is 5.94. The Hall–Kier alpha value is -1.35. The number of aryl methyl sites for hydroxylation is 2. The van der Waals surface area contributed by atoms with E-state index in [2.05, 4.69) is 51.2 Å². The third-order valence-electron chi connectivity index (χ3n) is 3.65. The Morgan fingerprint density at radius 3 is 2.80 bits per heavy atom. The number of rotatable bonds is 3. The normalized spacial score (nSPS) is 15.1. The summed E-state index contributed by atoms with van der Waals surface area (Å²) >= 11 is 0. The molecule has 1 amide bonds. The lowest BCUT2D eigenvalue weighted by Gasteiger charge is -2.30. The number of hydrogen-bond acceptors (Lipinski definition) is 2.